The second-order valence-electron chi connectivity index (χ2n) is 3.94. The second-order valence-corrected chi connectivity index (χ2v) is 3.94. The quantitative estimate of drug-likeness (QED) is 0.656. The van der Waals surface area contributed by atoms with Crippen LogP contribution >= 0.6 is 0 Å². The van der Waals surface area contributed by atoms with Crippen LogP contribution in [0.1, 0.15) is 39.5 Å². The highest BCUT2D eigenvalue weighted by Gasteiger charge is 2.36. The van der Waals surface area contributed by atoms with Gasteiger partial charge in [-0.25, -0.2) is 0 Å². The first-order chi connectivity index (χ1) is 6.33. The lowest BCUT2D eigenvalue weighted by Gasteiger charge is -2.26. The number of ether oxygens (including phenoxy) is 1. The molecule has 0 aromatic rings. The summed E-state index contributed by atoms with van der Waals surface area (Å²) in [5.74, 6) is 0.837. The van der Waals surface area contributed by atoms with Gasteiger partial charge >= 0.3 is 0 Å². The molecule has 2 unspecified atom stereocenters. The molecule has 13 heavy (non-hydrogen) atoms. The van der Waals surface area contributed by atoms with E-state index < -0.39 is 0 Å². The SMILES string of the molecule is CCCC(NC)C(OCC)C1CC1. The molecule has 0 bridgehead atoms. The average molecular weight is 185 g/mol. The molecule has 1 rings (SSSR count). The highest BCUT2D eigenvalue weighted by Crippen LogP contribution is 2.36. The molecule has 0 aromatic heterocycles. The maximum Gasteiger partial charge on any atom is 0.0755 e. The number of rotatable bonds is 7. The molecular formula is C11H23NO. The largest absolute Gasteiger partial charge is 0.377 e. The third-order valence-corrected chi connectivity index (χ3v) is 2.81. The van der Waals surface area contributed by atoms with Gasteiger partial charge in [-0.3, -0.25) is 0 Å². The minimum Gasteiger partial charge on any atom is -0.377 e. The number of hydrogen-bond acceptors (Lipinski definition) is 2. The van der Waals surface area contributed by atoms with Crippen molar-refractivity contribution in [3.05, 3.63) is 0 Å². The van der Waals surface area contributed by atoms with Crippen LogP contribution in [-0.4, -0.2) is 25.8 Å². The third kappa shape index (κ3) is 3.28. The monoisotopic (exact) mass is 185 g/mol. The molecule has 0 amide bonds. The molecule has 1 N–H and O–H groups in total. The maximum absolute atomic E-state index is 5.81. The van der Waals surface area contributed by atoms with Crippen LogP contribution in [0, 0.1) is 5.92 Å². The van der Waals surface area contributed by atoms with Crippen LogP contribution in [0.2, 0.25) is 0 Å². The van der Waals surface area contributed by atoms with Gasteiger partial charge in [0.15, 0.2) is 0 Å². The molecule has 0 aromatic carbocycles. The summed E-state index contributed by atoms with van der Waals surface area (Å²) in [6.45, 7) is 5.18. The van der Waals surface area contributed by atoms with Crippen LogP contribution in [0.4, 0.5) is 0 Å². The van der Waals surface area contributed by atoms with E-state index in [1.54, 1.807) is 0 Å². The number of hydrogen-bond donors (Lipinski definition) is 1. The lowest BCUT2D eigenvalue weighted by Crippen LogP contribution is -2.40. The lowest BCUT2D eigenvalue weighted by molar-refractivity contribution is 0.0187. The molecule has 78 valence electrons. The van der Waals surface area contributed by atoms with Gasteiger partial charge in [-0.05, 0) is 39.2 Å². The molecule has 0 heterocycles. The normalized spacial score (nSPS) is 21.5. The van der Waals surface area contributed by atoms with Gasteiger partial charge in [0.25, 0.3) is 0 Å². The Morgan fingerprint density at radius 1 is 1.38 bits per heavy atom. The molecule has 1 saturated carbocycles. The van der Waals surface area contributed by atoms with Crippen LogP contribution in [0.25, 0.3) is 0 Å². The minimum atomic E-state index is 0.468. The Morgan fingerprint density at radius 2 is 2.08 bits per heavy atom. The van der Waals surface area contributed by atoms with E-state index in [9.17, 15) is 0 Å². The van der Waals surface area contributed by atoms with Crippen LogP contribution in [-0.2, 0) is 4.74 Å². The Balaban J connectivity index is 2.38. The first-order valence-corrected chi connectivity index (χ1v) is 5.62. The average Bonchev–Trinajstić information content (AvgIpc) is 2.94. The zero-order valence-corrected chi connectivity index (χ0v) is 9.18. The molecule has 0 radical (unpaired) electrons. The van der Waals surface area contributed by atoms with Gasteiger partial charge in [0.1, 0.15) is 0 Å². The predicted octanol–water partition coefficient (Wildman–Crippen LogP) is 2.19. The van der Waals surface area contributed by atoms with Gasteiger partial charge in [0, 0.05) is 12.6 Å². The fourth-order valence-electron chi connectivity index (χ4n) is 1.98. The molecule has 0 spiro atoms. The van der Waals surface area contributed by atoms with Crippen molar-refractivity contribution in [2.45, 2.75) is 51.7 Å². The lowest BCUT2D eigenvalue weighted by atomic mass is 10.0. The van der Waals surface area contributed by atoms with E-state index in [2.05, 4.69) is 26.2 Å². The van der Waals surface area contributed by atoms with E-state index >= 15 is 0 Å². The molecule has 2 heteroatoms. The van der Waals surface area contributed by atoms with Gasteiger partial charge in [0.2, 0.25) is 0 Å². The van der Waals surface area contributed by atoms with E-state index in [4.69, 9.17) is 4.74 Å². The molecule has 1 aliphatic rings. The van der Waals surface area contributed by atoms with Crippen molar-refractivity contribution in [3.63, 3.8) is 0 Å². The maximum atomic E-state index is 5.81. The van der Waals surface area contributed by atoms with Crippen molar-refractivity contribution in [1.82, 2.24) is 5.32 Å². The van der Waals surface area contributed by atoms with Gasteiger partial charge in [-0.15, -0.1) is 0 Å². The topological polar surface area (TPSA) is 21.3 Å². The fourth-order valence-corrected chi connectivity index (χ4v) is 1.98. The first kappa shape index (κ1) is 11.0. The molecule has 1 aliphatic carbocycles. The Bertz CT molecular complexity index is 134. The van der Waals surface area contributed by atoms with Crippen molar-refractivity contribution < 1.29 is 4.74 Å². The highest BCUT2D eigenvalue weighted by molar-refractivity contribution is 4.89. The van der Waals surface area contributed by atoms with Crippen LogP contribution in [0.3, 0.4) is 0 Å². The second kappa shape index (κ2) is 5.61. The molecule has 2 atom stereocenters. The third-order valence-electron chi connectivity index (χ3n) is 2.81. The summed E-state index contributed by atoms with van der Waals surface area (Å²) in [6, 6.07) is 0.567. The smallest absolute Gasteiger partial charge is 0.0755 e. The zero-order valence-electron chi connectivity index (χ0n) is 9.18. The summed E-state index contributed by atoms with van der Waals surface area (Å²) in [5, 5.41) is 3.38. The molecular weight excluding hydrogens is 162 g/mol. The Hall–Kier alpha value is -0.0800. The summed E-state index contributed by atoms with van der Waals surface area (Å²) < 4.78 is 5.81. The number of nitrogens with one attached hydrogen (secondary N) is 1. The van der Waals surface area contributed by atoms with Crippen molar-refractivity contribution in [2.75, 3.05) is 13.7 Å². The molecule has 0 aliphatic heterocycles. The molecule has 1 fully saturated rings. The van der Waals surface area contributed by atoms with Crippen LogP contribution in [0.15, 0.2) is 0 Å². The van der Waals surface area contributed by atoms with Gasteiger partial charge in [0.05, 0.1) is 6.10 Å². The van der Waals surface area contributed by atoms with E-state index in [1.807, 2.05) is 0 Å². The summed E-state index contributed by atoms with van der Waals surface area (Å²) in [4.78, 5) is 0. The van der Waals surface area contributed by atoms with E-state index in [0.29, 0.717) is 12.1 Å². The Kier molecular flexibility index (Phi) is 4.74. The first-order valence-electron chi connectivity index (χ1n) is 5.62. The standard InChI is InChI=1S/C11H23NO/c1-4-6-10(12-3)11(13-5-2)9-7-8-9/h9-12H,4-8H2,1-3H3. The minimum absolute atomic E-state index is 0.468. The van der Waals surface area contributed by atoms with Gasteiger partial charge < -0.3 is 10.1 Å². The van der Waals surface area contributed by atoms with E-state index in [0.717, 1.165) is 12.5 Å². The predicted molar refractivity (Wildman–Crippen MR) is 55.9 cm³/mol. The van der Waals surface area contributed by atoms with Crippen molar-refractivity contribution in [1.29, 1.82) is 0 Å². The van der Waals surface area contributed by atoms with E-state index in [1.165, 1.54) is 25.7 Å². The van der Waals surface area contributed by atoms with Crippen LogP contribution in [0.5, 0.6) is 0 Å². The van der Waals surface area contributed by atoms with E-state index in [-0.39, 0.29) is 0 Å². The summed E-state index contributed by atoms with van der Waals surface area (Å²) >= 11 is 0. The Labute approximate surface area is 82.0 Å². The Morgan fingerprint density at radius 3 is 2.46 bits per heavy atom. The van der Waals surface area contributed by atoms with Crippen LogP contribution < -0.4 is 5.32 Å². The number of likely N-dealkylation sites (N-methyl/N-ethyl adjacent to an activating group) is 1. The summed E-state index contributed by atoms with van der Waals surface area (Å²) in [7, 11) is 2.05. The van der Waals surface area contributed by atoms with Gasteiger partial charge in [-0.1, -0.05) is 13.3 Å². The van der Waals surface area contributed by atoms with Crippen molar-refractivity contribution in [3.8, 4) is 0 Å². The fraction of sp³-hybridized carbons (Fsp3) is 1.00. The van der Waals surface area contributed by atoms with Gasteiger partial charge in [-0.2, -0.15) is 0 Å². The van der Waals surface area contributed by atoms with Crippen molar-refractivity contribution >= 4 is 0 Å². The van der Waals surface area contributed by atoms with Crippen molar-refractivity contribution in [2.24, 2.45) is 5.92 Å². The zero-order chi connectivity index (χ0) is 9.68. The summed E-state index contributed by atoms with van der Waals surface area (Å²) in [6.07, 6.45) is 5.67. The molecule has 0 saturated heterocycles. The summed E-state index contributed by atoms with van der Waals surface area (Å²) in [5.41, 5.74) is 0. The highest BCUT2D eigenvalue weighted by atomic mass is 16.5. The molecule has 2 nitrogen and oxygen atoms in total.